The molecule has 0 unspecified atom stereocenters. The number of benzene rings is 2. The van der Waals surface area contributed by atoms with Crippen LogP contribution in [0, 0.1) is 11.7 Å². The minimum Gasteiger partial charge on any atom is -0.481 e. The van der Waals surface area contributed by atoms with Crippen molar-refractivity contribution < 1.29 is 14.3 Å². The summed E-state index contributed by atoms with van der Waals surface area (Å²) in [5, 5.41) is 16.4. The van der Waals surface area contributed by atoms with Crippen LogP contribution in [-0.4, -0.2) is 29.1 Å². The number of nitrogens with zero attached hydrogens (tertiary/aromatic N) is 1. The van der Waals surface area contributed by atoms with Crippen LogP contribution >= 0.6 is 0 Å². The number of anilines is 1. The zero-order valence-corrected chi connectivity index (χ0v) is 18.1. The van der Waals surface area contributed by atoms with E-state index in [2.05, 4.69) is 33.8 Å². The Balaban J connectivity index is 1.49. The maximum atomic E-state index is 14.9. The minimum atomic E-state index is -1.03. The number of aliphatic carboxylic acids is 1. The number of nitrogens with one attached hydrogen (secondary N) is 2. The van der Waals surface area contributed by atoms with E-state index in [1.165, 1.54) is 12.5 Å². The molecule has 0 fully saturated rings. The molecule has 0 amide bonds. The van der Waals surface area contributed by atoms with E-state index in [-0.39, 0.29) is 11.6 Å². The molecule has 32 heavy (non-hydrogen) atoms. The Bertz CT molecular complexity index is 1070. The molecule has 166 valence electrons. The van der Waals surface area contributed by atoms with Crippen molar-refractivity contribution in [2.45, 2.75) is 31.7 Å². The van der Waals surface area contributed by atoms with E-state index in [0.717, 1.165) is 24.3 Å². The Hall–Kier alpha value is -3.25. The fraction of sp³-hybridized carbons (Fsp3) is 0.308. The number of carboxylic acid groups (broad SMARTS) is 1. The van der Waals surface area contributed by atoms with E-state index < -0.39 is 17.7 Å². The molecule has 6 heteroatoms. The largest absolute Gasteiger partial charge is 0.481 e. The molecule has 1 aliphatic heterocycles. The summed E-state index contributed by atoms with van der Waals surface area (Å²) in [6.45, 7) is 2.91. The Kier molecular flexibility index (Phi) is 6.81. The second kappa shape index (κ2) is 9.92. The molecule has 2 heterocycles. The fourth-order valence-corrected chi connectivity index (χ4v) is 4.40. The van der Waals surface area contributed by atoms with Crippen LogP contribution in [0.2, 0.25) is 0 Å². The lowest BCUT2D eigenvalue weighted by atomic mass is 9.86. The van der Waals surface area contributed by atoms with Gasteiger partial charge in [-0.25, -0.2) is 4.39 Å². The van der Waals surface area contributed by atoms with E-state index >= 15 is 0 Å². The topological polar surface area (TPSA) is 74.2 Å². The van der Waals surface area contributed by atoms with Crippen LogP contribution in [0.3, 0.4) is 0 Å². The molecule has 2 aromatic carbocycles. The molecule has 1 aromatic heterocycles. The number of fused-ring (bicyclic) bond motifs is 1. The number of carbonyl (C=O) groups is 1. The van der Waals surface area contributed by atoms with Gasteiger partial charge in [0.05, 0.1) is 17.3 Å². The van der Waals surface area contributed by atoms with Gasteiger partial charge in [-0.05, 0) is 49.6 Å². The molecule has 4 rings (SSSR count). The van der Waals surface area contributed by atoms with Crippen LogP contribution in [0.25, 0.3) is 0 Å². The highest BCUT2D eigenvalue weighted by atomic mass is 19.1. The highest BCUT2D eigenvalue weighted by Crippen LogP contribution is 2.31. The molecule has 0 radical (unpaired) electrons. The molecular formula is C26H28FN3O2. The fourth-order valence-electron chi connectivity index (χ4n) is 4.40. The summed E-state index contributed by atoms with van der Waals surface area (Å²) in [6.07, 6.45) is 3.15. The second-order valence-corrected chi connectivity index (χ2v) is 8.32. The molecular weight excluding hydrogens is 405 g/mol. The van der Waals surface area contributed by atoms with E-state index in [1.807, 2.05) is 30.5 Å². The first-order valence-corrected chi connectivity index (χ1v) is 11.0. The Morgan fingerprint density at radius 2 is 2.00 bits per heavy atom. The van der Waals surface area contributed by atoms with Gasteiger partial charge in [0.2, 0.25) is 0 Å². The van der Waals surface area contributed by atoms with Gasteiger partial charge < -0.3 is 15.7 Å². The lowest BCUT2D eigenvalue weighted by molar-refractivity contribution is -0.138. The molecule has 5 nitrogen and oxygen atoms in total. The highest BCUT2D eigenvalue weighted by Gasteiger charge is 2.28. The zero-order valence-electron chi connectivity index (χ0n) is 18.1. The normalized spacial score (nSPS) is 17.1. The van der Waals surface area contributed by atoms with Gasteiger partial charge in [-0.2, -0.15) is 0 Å². The van der Waals surface area contributed by atoms with E-state index in [4.69, 9.17) is 0 Å². The third kappa shape index (κ3) is 4.81. The van der Waals surface area contributed by atoms with Crippen LogP contribution in [0.5, 0.6) is 0 Å². The SMILES string of the molecule is C[C@H](C(=O)O)c1cccc(CCN[C@H](c2ccccc2)[C@H]2CNc3cccnc3C2)c1F. The summed E-state index contributed by atoms with van der Waals surface area (Å²) in [5.74, 6) is -2.02. The quantitative estimate of drug-likeness (QED) is 0.485. The van der Waals surface area contributed by atoms with Crippen molar-refractivity contribution in [2.75, 3.05) is 18.4 Å². The summed E-state index contributed by atoms with van der Waals surface area (Å²) in [4.78, 5) is 15.8. The van der Waals surface area contributed by atoms with Gasteiger partial charge in [-0.15, -0.1) is 0 Å². The predicted octanol–water partition coefficient (Wildman–Crippen LogP) is 4.57. The molecule has 0 bridgehead atoms. The summed E-state index contributed by atoms with van der Waals surface area (Å²) in [5.41, 5.74) is 4.10. The summed E-state index contributed by atoms with van der Waals surface area (Å²) in [6, 6.07) is 19.4. The van der Waals surface area contributed by atoms with Crippen LogP contribution in [0.1, 0.15) is 41.3 Å². The Morgan fingerprint density at radius 1 is 1.19 bits per heavy atom. The monoisotopic (exact) mass is 433 g/mol. The average Bonchev–Trinajstić information content (AvgIpc) is 2.82. The number of pyridine rings is 1. The first-order valence-electron chi connectivity index (χ1n) is 11.0. The molecule has 3 atom stereocenters. The molecule has 3 aromatic rings. The van der Waals surface area contributed by atoms with Crippen molar-refractivity contribution >= 4 is 11.7 Å². The van der Waals surface area contributed by atoms with Gasteiger partial charge >= 0.3 is 5.97 Å². The number of halogens is 1. The maximum Gasteiger partial charge on any atom is 0.310 e. The third-order valence-electron chi connectivity index (χ3n) is 6.23. The Labute approximate surface area is 187 Å². The molecule has 0 spiro atoms. The van der Waals surface area contributed by atoms with E-state index in [0.29, 0.717) is 24.4 Å². The molecule has 0 saturated heterocycles. The van der Waals surface area contributed by atoms with Gasteiger partial charge in [-0.3, -0.25) is 9.78 Å². The summed E-state index contributed by atoms with van der Waals surface area (Å²) < 4.78 is 14.9. The van der Waals surface area contributed by atoms with Crippen LogP contribution in [0.4, 0.5) is 10.1 Å². The van der Waals surface area contributed by atoms with Crippen LogP contribution in [0.15, 0.2) is 66.9 Å². The first kappa shape index (κ1) is 22.0. The second-order valence-electron chi connectivity index (χ2n) is 8.32. The number of hydrogen-bond acceptors (Lipinski definition) is 4. The molecule has 1 aliphatic rings. The lowest BCUT2D eigenvalue weighted by Gasteiger charge is -2.33. The molecule has 0 aliphatic carbocycles. The predicted molar refractivity (Wildman–Crippen MR) is 123 cm³/mol. The van der Waals surface area contributed by atoms with Gasteiger partial charge in [-0.1, -0.05) is 48.5 Å². The number of rotatable bonds is 8. The number of carboxylic acids is 1. The number of hydrogen-bond donors (Lipinski definition) is 3. The smallest absolute Gasteiger partial charge is 0.310 e. The third-order valence-corrected chi connectivity index (χ3v) is 6.23. The van der Waals surface area contributed by atoms with Crippen molar-refractivity contribution in [1.29, 1.82) is 0 Å². The van der Waals surface area contributed by atoms with Gasteiger partial charge in [0.15, 0.2) is 0 Å². The summed E-state index contributed by atoms with van der Waals surface area (Å²) in [7, 11) is 0. The standard InChI is InChI=1S/C26H28FN3O2/c1-17(26(31)32)21-10-5-9-18(24(21)27)12-14-29-25(19-7-3-2-4-8-19)20-15-23-22(30-16-20)11-6-13-28-23/h2-11,13,17,20,25,29-30H,12,14-16H2,1H3,(H,31,32)/t17-,20+,25+/m0/s1. The van der Waals surface area contributed by atoms with Crippen LogP contribution < -0.4 is 10.6 Å². The molecule has 3 N–H and O–H groups in total. The Morgan fingerprint density at radius 3 is 2.78 bits per heavy atom. The van der Waals surface area contributed by atoms with Crippen molar-refractivity contribution in [3.63, 3.8) is 0 Å². The van der Waals surface area contributed by atoms with Crippen molar-refractivity contribution in [3.8, 4) is 0 Å². The van der Waals surface area contributed by atoms with Crippen molar-refractivity contribution in [1.82, 2.24) is 10.3 Å². The van der Waals surface area contributed by atoms with E-state index in [9.17, 15) is 14.3 Å². The van der Waals surface area contributed by atoms with Crippen molar-refractivity contribution in [2.24, 2.45) is 5.92 Å². The molecule has 0 saturated carbocycles. The maximum absolute atomic E-state index is 14.9. The van der Waals surface area contributed by atoms with Gasteiger partial charge in [0.25, 0.3) is 0 Å². The zero-order chi connectivity index (χ0) is 22.5. The van der Waals surface area contributed by atoms with Gasteiger partial charge in [0, 0.05) is 30.3 Å². The first-order chi connectivity index (χ1) is 15.5. The minimum absolute atomic E-state index is 0.0862. The number of aromatic nitrogens is 1. The lowest BCUT2D eigenvalue weighted by Crippen LogP contribution is -2.37. The van der Waals surface area contributed by atoms with Gasteiger partial charge in [0.1, 0.15) is 5.82 Å². The van der Waals surface area contributed by atoms with Crippen LogP contribution in [-0.2, 0) is 17.6 Å². The highest BCUT2D eigenvalue weighted by molar-refractivity contribution is 5.75. The average molecular weight is 434 g/mol. The van der Waals surface area contributed by atoms with Crippen molar-refractivity contribution in [3.05, 3.63) is 95.1 Å². The van der Waals surface area contributed by atoms with E-state index in [1.54, 1.807) is 18.2 Å². The summed E-state index contributed by atoms with van der Waals surface area (Å²) >= 11 is 0.